The van der Waals surface area contributed by atoms with Crippen molar-refractivity contribution in [3.8, 4) is 17.0 Å². The Morgan fingerprint density at radius 3 is 2.60 bits per heavy atom. The van der Waals surface area contributed by atoms with Crippen LogP contribution >= 0.6 is 0 Å². The Balaban J connectivity index is 1.72. The lowest BCUT2D eigenvalue weighted by Gasteiger charge is -2.09. The number of fused-ring (bicyclic) bond motifs is 1. The Morgan fingerprint density at radius 1 is 1.08 bits per heavy atom. The van der Waals surface area contributed by atoms with Crippen molar-refractivity contribution in [3.63, 3.8) is 0 Å². The van der Waals surface area contributed by atoms with Gasteiger partial charge in [0.15, 0.2) is 11.5 Å². The first-order valence-corrected chi connectivity index (χ1v) is 7.97. The fraction of sp³-hybridized carbons (Fsp3) is 0.105. The maximum absolute atomic E-state index is 9.49. The van der Waals surface area contributed by atoms with Crippen molar-refractivity contribution in [3.05, 3.63) is 72.4 Å². The minimum absolute atomic E-state index is 0.245. The van der Waals surface area contributed by atoms with E-state index in [-0.39, 0.29) is 5.75 Å². The Kier molecular flexibility index (Phi) is 3.78. The number of aromatic hydroxyl groups is 1. The molecular formula is C19H17N5O. The predicted octanol–water partition coefficient (Wildman–Crippen LogP) is 3.42. The van der Waals surface area contributed by atoms with E-state index >= 15 is 0 Å². The van der Waals surface area contributed by atoms with Crippen molar-refractivity contribution in [2.75, 3.05) is 5.32 Å². The predicted molar refractivity (Wildman–Crippen MR) is 96.4 cm³/mol. The Labute approximate surface area is 144 Å². The highest BCUT2D eigenvalue weighted by atomic mass is 16.3. The summed E-state index contributed by atoms with van der Waals surface area (Å²) in [5, 5.41) is 12.8. The van der Waals surface area contributed by atoms with Crippen molar-refractivity contribution in [2.45, 2.75) is 13.5 Å². The monoisotopic (exact) mass is 331 g/mol. The third-order valence-corrected chi connectivity index (χ3v) is 3.99. The maximum atomic E-state index is 9.49. The molecular weight excluding hydrogens is 314 g/mol. The minimum atomic E-state index is 0.245. The molecule has 0 atom stereocenters. The third kappa shape index (κ3) is 3.01. The third-order valence-electron chi connectivity index (χ3n) is 3.99. The summed E-state index contributed by atoms with van der Waals surface area (Å²) in [6.07, 6.45) is 7.33. The number of nitrogens with zero attached hydrogens (tertiary/aromatic N) is 4. The molecule has 0 aliphatic heterocycles. The van der Waals surface area contributed by atoms with Gasteiger partial charge in [-0.1, -0.05) is 0 Å². The van der Waals surface area contributed by atoms with Crippen LogP contribution in [0.4, 0.5) is 5.82 Å². The zero-order valence-electron chi connectivity index (χ0n) is 13.7. The second kappa shape index (κ2) is 6.24. The van der Waals surface area contributed by atoms with Gasteiger partial charge in [0, 0.05) is 30.7 Å². The summed E-state index contributed by atoms with van der Waals surface area (Å²) in [6.45, 7) is 2.60. The molecule has 0 fully saturated rings. The molecule has 6 nitrogen and oxygen atoms in total. The summed E-state index contributed by atoms with van der Waals surface area (Å²) in [5.74, 6) is 0.983. The lowest BCUT2D eigenvalue weighted by molar-refractivity contribution is 0.475. The minimum Gasteiger partial charge on any atom is -0.508 e. The van der Waals surface area contributed by atoms with Crippen molar-refractivity contribution >= 4 is 11.5 Å². The fourth-order valence-corrected chi connectivity index (χ4v) is 2.76. The number of benzene rings is 1. The van der Waals surface area contributed by atoms with E-state index in [0.717, 1.165) is 34.0 Å². The number of aromatic nitrogens is 4. The van der Waals surface area contributed by atoms with Gasteiger partial charge in [-0.05, 0) is 48.9 Å². The van der Waals surface area contributed by atoms with Gasteiger partial charge in [0.1, 0.15) is 5.75 Å². The Morgan fingerprint density at radius 2 is 1.84 bits per heavy atom. The number of imidazole rings is 1. The van der Waals surface area contributed by atoms with Gasteiger partial charge in [0.2, 0.25) is 0 Å². The van der Waals surface area contributed by atoms with Crippen LogP contribution in [-0.4, -0.2) is 24.5 Å². The highest BCUT2D eigenvalue weighted by Crippen LogP contribution is 2.25. The summed E-state index contributed by atoms with van der Waals surface area (Å²) >= 11 is 0. The molecule has 0 aliphatic carbocycles. The van der Waals surface area contributed by atoms with E-state index in [0.29, 0.717) is 6.54 Å². The first kappa shape index (κ1) is 15.1. The van der Waals surface area contributed by atoms with E-state index in [9.17, 15) is 5.11 Å². The van der Waals surface area contributed by atoms with Crippen LogP contribution in [0.25, 0.3) is 16.9 Å². The zero-order valence-corrected chi connectivity index (χ0v) is 13.7. The first-order chi connectivity index (χ1) is 12.2. The van der Waals surface area contributed by atoms with Crippen LogP contribution in [0.2, 0.25) is 0 Å². The molecule has 1 aromatic carbocycles. The molecule has 2 N–H and O–H groups in total. The average Bonchev–Trinajstić information content (AvgIpc) is 3.05. The normalized spacial score (nSPS) is 10.9. The zero-order chi connectivity index (χ0) is 17.2. The largest absolute Gasteiger partial charge is 0.508 e. The molecule has 0 radical (unpaired) electrons. The van der Waals surface area contributed by atoms with Crippen LogP contribution in [0.1, 0.15) is 11.3 Å². The number of aryl methyl sites for hydroxylation is 1. The van der Waals surface area contributed by atoms with Crippen LogP contribution in [0.3, 0.4) is 0 Å². The standard InChI is InChI=1S/C19H17N5O/c1-13-12-24-17(15-2-4-16(25)5-3-15)11-22-19(24)18(23-13)21-10-14-6-8-20-9-7-14/h2-9,11-12,25H,10H2,1H3,(H,21,23). The molecule has 0 unspecified atom stereocenters. The second-order valence-corrected chi connectivity index (χ2v) is 5.82. The van der Waals surface area contributed by atoms with Gasteiger partial charge in [0.05, 0.1) is 17.6 Å². The highest BCUT2D eigenvalue weighted by molar-refractivity contribution is 5.71. The van der Waals surface area contributed by atoms with Gasteiger partial charge >= 0.3 is 0 Å². The van der Waals surface area contributed by atoms with Crippen LogP contribution in [0.5, 0.6) is 5.75 Å². The van der Waals surface area contributed by atoms with Crippen LogP contribution in [0, 0.1) is 6.92 Å². The summed E-state index contributed by atoms with van der Waals surface area (Å²) in [7, 11) is 0. The number of hydrogen-bond donors (Lipinski definition) is 2. The lowest BCUT2D eigenvalue weighted by Crippen LogP contribution is -2.05. The number of hydrogen-bond acceptors (Lipinski definition) is 5. The van der Waals surface area contributed by atoms with Gasteiger partial charge in [-0.25, -0.2) is 9.97 Å². The van der Waals surface area contributed by atoms with E-state index in [1.807, 2.05) is 48.0 Å². The first-order valence-electron chi connectivity index (χ1n) is 7.97. The van der Waals surface area contributed by atoms with Gasteiger partial charge in [-0.2, -0.15) is 0 Å². The molecule has 0 amide bonds. The summed E-state index contributed by atoms with van der Waals surface area (Å²) in [6, 6.07) is 11.0. The number of phenols is 1. The second-order valence-electron chi connectivity index (χ2n) is 5.82. The number of anilines is 1. The molecule has 124 valence electrons. The number of rotatable bonds is 4. The van der Waals surface area contributed by atoms with Crippen LogP contribution in [-0.2, 0) is 6.54 Å². The number of phenolic OH excluding ortho intramolecular Hbond substituents is 1. The van der Waals surface area contributed by atoms with E-state index in [1.54, 1.807) is 24.5 Å². The van der Waals surface area contributed by atoms with Crippen molar-refractivity contribution in [2.24, 2.45) is 0 Å². The lowest BCUT2D eigenvalue weighted by atomic mass is 10.1. The average molecular weight is 331 g/mol. The number of pyridine rings is 1. The topological polar surface area (TPSA) is 75.3 Å². The Bertz CT molecular complexity index is 1010. The van der Waals surface area contributed by atoms with E-state index in [4.69, 9.17) is 0 Å². The smallest absolute Gasteiger partial charge is 0.180 e. The van der Waals surface area contributed by atoms with Gasteiger partial charge in [0.25, 0.3) is 0 Å². The van der Waals surface area contributed by atoms with Gasteiger partial charge in [-0.15, -0.1) is 0 Å². The molecule has 3 aromatic heterocycles. The summed E-state index contributed by atoms with van der Waals surface area (Å²) in [4.78, 5) is 13.2. The van der Waals surface area contributed by atoms with Crippen LogP contribution in [0.15, 0.2) is 61.2 Å². The highest BCUT2D eigenvalue weighted by Gasteiger charge is 2.11. The van der Waals surface area contributed by atoms with Crippen molar-refractivity contribution in [1.29, 1.82) is 0 Å². The maximum Gasteiger partial charge on any atom is 0.180 e. The molecule has 6 heteroatoms. The molecule has 0 bridgehead atoms. The van der Waals surface area contributed by atoms with E-state index < -0.39 is 0 Å². The molecule has 0 saturated heterocycles. The number of nitrogens with one attached hydrogen (secondary N) is 1. The summed E-state index contributed by atoms with van der Waals surface area (Å²) in [5.41, 5.74) is 4.72. The molecule has 0 aliphatic rings. The van der Waals surface area contributed by atoms with Crippen molar-refractivity contribution < 1.29 is 5.11 Å². The van der Waals surface area contributed by atoms with Crippen LogP contribution < -0.4 is 5.32 Å². The molecule has 4 aromatic rings. The molecule has 3 heterocycles. The molecule has 25 heavy (non-hydrogen) atoms. The summed E-state index contributed by atoms with van der Waals surface area (Å²) < 4.78 is 2.02. The molecule has 0 saturated carbocycles. The SMILES string of the molecule is Cc1cn2c(-c3ccc(O)cc3)cnc2c(NCc2ccncc2)n1. The van der Waals surface area contributed by atoms with Crippen molar-refractivity contribution in [1.82, 2.24) is 19.4 Å². The molecule has 4 rings (SSSR count). The Hall–Kier alpha value is -3.41. The molecule has 0 spiro atoms. The quantitative estimate of drug-likeness (QED) is 0.599. The van der Waals surface area contributed by atoms with Gasteiger partial charge in [-0.3, -0.25) is 9.38 Å². The fourth-order valence-electron chi connectivity index (χ4n) is 2.76. The van der Waals surface area contributed by atoms with E-state index in [1.165, 1.54) is 0 Å². The van der Waals surface area contributed by atoms with E-state index in [2.05, 4.69) is 20.3 Å². The van der Waals surface area contributed by atoms with Gasteiger partial charge < -0.3 is 10.4 Å².